The predicted octanol–water partition coefficient (Wildman–Crippen LogP) is 5.89. The summed E-state index contributed by atoms with van der Waals surface area (Å²) in [7, 11) is 1.62. The molecule has 4 heterocycles. The van der Waals surface area contributed by atoms with Gasteiger partial charge in [0.1, 0.15) is 17.1 Å². The molecule has 1 saturated heterocycles. The summed E-state index contributed by atoms with van der Waals surface area (Å²) in [4.78, 5) is 46.2. The van der Waals surface area contributed by atoms with Crippen molar-refractivity contribution < 1.29 is 28.2 Å². The Kier molecular flexibility index (Phi) is 8.38. The molecule has 1 saturated carbocycles. The number of fused-ring (bicyclic) bond motifs is 2. The van der Waals surface area contributed by atoms with Crippen molar-refractivity contribution in [2.75, 3.05) is 43.9 Å². The van der Waals surface area contributed by atoms with Crippen LogP contribution in [-0.2, 0) is 4.79 Å². The van der Waals surface area contributed by atoms with Crippen molar-refractivity contribution in [3.8, 4) is 28.5 Å². The summed E-state index contributed by atoms with van der Waals surface area (Å²) in [6.07, 6.45) is 3.09. The highest BCUT2D eigenvalue weighted by molar-refractivity contribution is 7.99. The van der Waals surface area contributed by atoms with Crippen molar-refractivity contribution in [2.24, 2.45) is 0 Å². The largest absolute Gasteiger partial charge is 0.497 e. The molecule has 2 fully saturated rings. The minimum Gasteiger partial charge on any atom is -0.497 e. The van der Waals surface area contributed by atoms with Gasteiger partial charge in [-0.3, -0.25) is 9.59 Å². The fraction of sp³-hybridized carbons (Fsp3) is 0.243. The van der Waals surface area contributed by atoms with E-state index in [2.05, 4.69) is 10.2 Å². The third-order valence-corrected chi connectivity index (χ3v) is 10.1. The van der Waals surface area contributed by atoms with Crippen LogP contribution in [0.5, 0.6) is 5.75 Å². The standard InChI is InChI=1S/C37H31FN6O6S/c1-49-23-10-6-21(7-11-23)30-17-25(24-4-2-3-5-29(24)39-30)35-40-41-37(50-35)51-20-33(45)43-14-12-42(13-15-43)32-18-31-26(16-28(32)38)34(46)27(36(47)48)19-44(31)22-8-9-22/h2-7,10-11,16-19,22H,8-9,12-15,20H2,1H3,(H,47,48). The molecule has 14 heteroatoms. The lowest BCUT2D eigenvalue weighted by Gasteiger charge is -2.36. The maximum absolute atomic E-state index is 15.4. The summed E-state index contributed by atoms with van der Waals surface area (Å²) in [6.45, 7) is 1.51. The summed E-state index contributed by atoms with van der Waals surface area (Å²) in [5.74, 6) is -0.909. The van der Waals surface area contributed by atoms with E-state index >= 15 is 4.39 Å². The number of carbonyl (C=O) groups is 2. The molecule has 258 valence electrons. The highest BCUT2D eigenvalue weighted by Gasteiger charge is 2.29. The van der Waals surface area contributed by atoms with Crippen LogP contribution in [0.4, 0.5) is 10.1 Å². The number of para-hydroxylation sites is 1. The zero-order chi connectivity index (χ0) is 35.2. The number of rotatable bonds is 9. The predicted molar refractivity (Wildman–Crippen MR) is 190 cm³/mol. The Morgan fingerprint density at radius 2 is 1.76 bits per heavy atom. The molecule has 8 rings (SSSR count). The van der Waals surface area contributed by atoms with Crippen LogP contribution in [0.25, 0.3) is 44.5 Å². The number of thioether (sulfide) groups is 1. The fourth-order valence-corrected chi connectivity index (χ4v) is 7.12. The number of benzene rings is 3. The number of hydrogen-bond donors (Lipinski definition) is 1. The molecule has 0 unspecified atom stereocenters. The number of amides is 1. The first-order chi connectivity index (χ1) is 24.8. The average Bonchev–Trinajstić information content (AvgIpc) is 3.89. The molecule has 1 N–H and O–H groups in total. The third kappa shape index (κ3) is 6.27. The van der Waals surface area contributed by atoms with Gasteiger partial charge < -0.3 is 28.6 Å². The lowest BCUT2D eigenvalue weighted by atomic mass is 10.0. The van der Waals surface area contributed by atoms with Crippen LogP contribution >= 0.6 is 11.8 Å². The summed E-state index contributed by atoms with van der Waals surface area (Å²) in [5, 5.41) is 19.2. The average molecular weight is 707 g/mol. The van der Waals surface area contributed by atoms with Crippen molar-refractivity contribution in [3.05, 3.63) is 94.5 Å². The Hall–Kier alpha value is -5.76. The molecule has 51 heavy (non-hydrogen) atoms. The molecule has 12 nitrogen and oxygen atoms in total. The van der Waals surface area contributed by atoms with Crippen molar-refractivity contribution in [2.45, 2.75) is 24.1 Å². The van der Waals surface area contributed by atoms with Crippen LogP contribution in [-0.4, -0.2) is 80.7 Å². The van der Waals surface area contributed by atoms with Gasteiger partial charge in [-0.15, -0.1) is 10.2 Å². The second-order valence-electron chi connectivity index (χ2n) is 12.5. The first kappa shape index (κ1) is 32.4. The molecule has 3 aromatic carbocycles. The molecular weight excluding hydrogens is 676 g/mol. The Morgan fingerprint density at radius 1 is 1.00 bits per heavy atom. The second-order valence-corrected chi connectivity index (χ2v) is 13.4. The van der Waals surface area contributed by atoms with Crippen LogP contribution in [0.1, 0.15) is 29.2 Å². The molecule has 0 atom stereocenters. The zero-order valence-corrected chi connectivity index (χ0v) is 28.2. The van der Waals surface area contributed by atoms with Gasteiger partial charge in [0, 0.05) is 54.8 Å². The summed E-state index contributed by atoms with van der Waals surface area (Å²) in [5.41, 5.74) is 2.90. The normalized spacial score (nSPS) is 14.7. The van der Waals surface area contributed by atoms with Crippen LogP contribution < -0.4 is 15.1 Å². The first-order valence-corrected chi connectivity index (χ1v) is 17.4. The van der Waals surface area contributed by atoms with E-state index in [-0.39, 0.29) is 33.9 Å². The number of anilines is 1. The maximum atomic E-state index is 15.4. The van der Waals surface area contributed by atoms with Crippen LogP contribution in [0.2, 0.25) is 0 Å². The van der Waals surface area contributed by atoms with Crippen molar-refractivity contribution in [1.82, 2.24) is 24.6 Å². The van der Waals surface area contributed by atoms with Crippen LogP contribution in [0, 0.1) is 5.82 Å². The molecule has 1 aliphatic carbocycles. The van der Waals surface area contributed by atoms with Gasteiger partial charge in [-0.1, -0.05) is 30.0 Å². The number of carboxylic acid groups (broad SMARTS) is 1. The summed E-state index contributed by atoms with van der Waals surface area (Å²) in [6, 6.07) is 20.1. The summed E-state index contributed by atoms with van der Waals surface area (Å²) < 4.78 is 28.5. The fourth-order valence-electron chi connectivity index (χ4n) is 6.46. The molecule has 2 aliphatic rings. The molecule has 0 radical (unpaired) electrons. The second kappa shape index (κ2) is 13.2. The van der Waals surface area contributed by atoms with Gasteiger partial charge in [-0.05, 0) is 61.4 Å². The Labute approximate surface area is 294 Å². The highest BCUT2D eigenvalue weighted by atomic mass is 32.2. The van der Waals surface area contributed by atoms with E-state index in [9.17, 15) is 19.5 Å². The van der Waals surface area contributed by atoms with E-state index < -0.39 is 17.2 Å². The van der Waals surface area contributed by atoms with E-state index in [1.807, 2.05) is 59.5 Å². The van der Waals surface area contributed by atoms with Crippen LogP contribution in [0.3, 0.4) is 0 Å². The maximum Gasteiger partial charge on any atom is 0.341 e. The Morgan fingerprint density at radius 3 is 2.49 bits per heavy atom. The molecule has 0 spiro atoms. The van der Waals surface area contributed by atoms with Crippen molar-refractivity contribution in [1.29, 1.82) is 0 Å². The SMILES string of the molecule is COc1ccc(-c2cc(-c3nnc(SCC(=O)N4CCN(c5cc6c(cc5F)c(=O)c(C(=O)O)cn6C5CC5)CC4)o3)c3ccccc3n2)cc1. The van der Waals surface area contributed by atoms with Crippen molar-refractivity contribution in [3.63, 3.8) is 0 Å². The van der Waals surface area contributed by atoms with E-state index in [0.717, 1.165) is 64.1 Å². The lowest BCUT2D eigenvalue weighted by Crippen LogP contribution is -2.49. The van der Waals surface area contributed by atoms with E-state index in [0.29, 0.717) is 43.3 Å². The van der Waals surface area contributed by atoms with Crippen molar-refractivity contribution >= 4 is 51.1 Å². The Bertz CT molecular complexity index is 2380. The number of aromatic carboxylic acids is 1. The summed E-state index contributed by atoms with van der Waals surface area (Å²) >= 11 is 1.15. The Balaban J connectivity index is 0.947. The topological polar surface area (TPSA) is 144 Å². The number of aromatic nitrogens is 4. The van der Waals surface area contributed by atoms with Gasteiger partial charge in [-0.2, -0.15) is 0 Å². The van der Waals surface area contributed by atoms with E-state index in [1.165, 1.54) is 6.20 Å². The third-order valence-electron chi connectivity index (χ3n) is 9.30. The first-order valence-electron chi connectivity index (χ1n) is 16.4. The molecule has 1 amide bonds. The van der Waals surface area contributed by atoms with Gasteiger partial charge in [0.05, 0.1) is 40.8 Å². The number of piperazine rings is 1. The molecule has 3 aromatic heterocycles. The van der Waals surface area contributed by atoms with E-state index in [1.54, 1.807) is 22.6 Å². The smallest absolute Gasteiger partial charge is 0.341 e. The number of carbonyl (C=O) groups excluding carboxylic acids is 1. The molecule has 0 bridgehead atoms. The molecule has 6 aromatic rings. The lowest BCUT2D eigenvalue weighted by molar-refractivity contribution is -0.128. The number of pyridine rings is 2. The van der Waals surface area contributed by atoms with E-state index in [4.69, 9.17) is 14.1 Å². The van der Waals surface area contributed by atoms with Gasteiger partial charge in [0.15, 0.2) is 0 Å². The molecule has 1 aliphatic heterocycles. The van der Waals surface area contributed by atoms with Crippen LogP contribution in [0.15, 0.2) is 87.4 Å². The van der Waals surface area contributed by atoms with Gasteiger partial charge in [0.2, 0.25) is 17.2 Å². The highest BCUT2D eigenvalue weighted by Crippen LogP contribution is 2.38. The molecular formula is C37H31FN6O6S. The minimum atomic E-state index is -1.33. The zero-order valence-electron chi connectivity index (χ0n) is 27.4. The number of nitrogens with zero attached hydrogens (tertiary/aromatic N) is 6. The number of ether oxygens (including phenoxy) is 1. The number of methoxy groups -OCH3 is 1. The number of halogens is 1. The monoisotopic (exact) mass is 706 g/mol. The number of carboxylic acids is 1. The van der Waals surface area contributed by atoms with Gasteiger partial charge in [-0.25, -0.2) is 14.2 Å². The van der Waals surface area contributed by atoms with Gasteiger partial charge in [0.25, 0.3) is 5.22 Å². The number of hydrogen-bond acceptors (Lipinski definition) is 10. The minimum absolute atomic E-state index is 0.0490. The van der Waals surface area contributed by atoms with Gasteiger partial charge >= 0.3 is 5.97 Å². The quantitative estimate of drug-likeness (QED) is 0.180.